The van der Waals surface area contributed by atoms with E-state index in [9.17, 15) is 19.5 Å². The van der Waals surface area contributed by atoms with E-state index in [2.05, 4.69) is 37.1 Å². The number of nitrogens with one attached hydrogen (secondary N) is 1. The number of hydrogen-bond donors (Lipinski definition) is 2. The molecule has 3 aromatic rings. The van der Waals surface area contributed by atoms with Gasteiger partial charge >= 0.3 is 0 Å². The number of thiazole rings is 1. The molecule has 2 aliphatic heterocycles. The molecule has 2 aromatic carbocycles. The molecule has 2 N–H and O–H groups in total. The van der Waals surface area contributed by atoms with Crippen LogP contribution in [0.25, 0.3) is 10.4 Å². The van der Waals surface area contributed by atoms with Crippen LogP contribution in [0.15, 0.2) is 48.0 Å². The maximum Gasteiger partial charge on any atom is 0.255 e. The Morgan fingerprint density at radius 1 is 1.11 bits per heavy atom. The Hall–Kier alpha value is -3.63. The summed E-state index contributed by atoms with van der Waals surface area (Å²) in [6, 6.07) is 10.8. The van der Waals surface area contributed by atoms with Crippen molar-refractivity contribution in [2.24, 2.45) is 10.8 Å². The van der Waals surface area contributed by atoms with Gasteiger partial charge in [-0.2, -0.15) is 0 Å². The number of amides is 3. The van der Waals surface area contributed by atoms with Crippen LogP contribution in [0.4, 0.5) is 4.39 Å². The molecule has 0 bridgehead atoms. The molecule has 0 unspecified atom stereocenters. The molecule has 10 heteroatoms. The average molecular weight is 635 g/mol. The summed E-state index contributed by atoms with van der Waals surface area (Å²) in [5, 5.41) is 13.4. The minimum atomic E-state index is -1.97. The van der Waals surface area contributed by atoms with Crippen molar-refractivity contribution in [3.8, 4) is 10.4 Å². The number of nitrogens with zero attached hydrogens (tertiary/aromatic N) is 3. The molecule has 1 saturated heterocycles. The summed E-state index contributed by atoms with van der Waals surface area (Å²) in [5.41, 5.74) is 6.36. The maximum absolute atomic E-state index is 15.6. The van der Waals surface area contributed by atoms with Gasteiger partial charge in [0, 0.05) is 18.7 Å². The fourth-order valence-corrected chi connectivity index (χ4v) is 7.27. The number of carbonyl (C=O) groups is 3. The number of rotatable bonds is 7. The second-order valence-electron chi connectivity index (χ2n) is 14.5. The van der Waals surface area contributed by atoms with Crippen molar-refractivity contribution in [1.82, 2.24) is 20.1 Å². The summed E-state index contributed by atoms with van der Waals surface area (Å²) in [6.45, 7) is 14.0. The van der Waals surface area contributed by atoms with E-state index in [1.165, 1.54) is 4.90 Å². The molecule has 1 fully saturated rings. The van der Waals surface area contributed by atoms with E-state index < -0.39 is 41.6 Å². The molecular weight excluding hydrogens is 591 g/mol. The SMILES string of the molecule is Cc1ncsc1-c1ccc(CNC(=O)[C@@H]2[C@@H](F)[C@@H](O)CN2C(=O)[C@@H](N2Cc3ccccc3C2=O)C(C)(C)C)c(CC(C)(C)C)c1. The molecule has 3 heterocycles. The van der Waals surface area contributed by atoms with E-state index in [1.807, 2.05) is 57.5 Å². The summed E-state index contributed by atoms with van der Waals surface area (Å²) in [6.07, 6.45) is -2.73. The number of aliphatic hydroxyl groups excluding tert-OH is 1. The average Bonchev–Trinajstić information content (AvgIpc) is 3.61. The lowest BCUT2D eigenvalue weighted by molar-refractivity contribution is -0.146. The molecule has 240 valence electrons. The smallest absolute Gasteiger partial charge is 0.255 e. The Kier molecular flexibility index (Phi) is 8.94. The van der Waals surface area contributed by atoms with Crippen LogP contribution < -0.4 is 5.32 Å². The second-order valence-corrected chi connectivity index (χ2v) is 15.4. The largest absolute Gasteiger partial charge is 0.388 e. The first-order valence-electron chi connectivity index (χ1n) is 15.4. The van der Waals surface area contributed by atoms with Crippen LogP contribution in [0.2, 0.25) is 0 Å². The number of aromatic nitrogens is 1. The molecule has 45 heavy (non-hydrogen) atoms. The van der Waals surface area contributed by atoms with E-state index in [1.54, 1.807) is 23.5 Å². The van der Waals surface area contributed by atoms with E-state index in [-0.39, 0.29) is 31.0 Å². The van der Waals surface area contributed by atoms with Crippen LogP contribution >= 0.6 is 11.3 Å². The van der Waals surface area contributed by atoms with Gasteiger partial charge in [-0.25, -0.2) is 9.37 Å². The number of carbonyl (C=O) groups excluding carboxylic acids is 3. The molecule has 0 aliphatic carbocycles. The molecule has 4 atom stereocenters. The first-order valence-corrected chi connectivity index (χ1v) is 16.3. The van der Waals surface area contributed by atoms with Gasteiger partial charge in [0.1, 0.15) is 18.2 Å². The van der Waals surface area contributed by atoms with Crippen molar-refractivity contribution in [1.29, 1.82) is 0 Å². The minimum Gasteiger partial charge on any atom is -0.388 e. The van der Waals surface area contributed by atoms with E-state index in [0.717, 1.165) is 44.1 Å². The van der Waals surface area contributed by atoms with Crippen LogP contribution in [0, 0.1) is 17.8 Å². The van der Waals surface area contributed by atoms with Crippen LogP contribution in [-0.2, 0) is 29.1 Å². The number of β-amino-alcohol motifs (C(OH)–C–C–N with tert-alkyl or cyclic N) is 1. The first-order chi connectivity index (χ1) is 21.1. The molecule has 5 rings (SSSR count). The third kappa shape index (κ3) is 6.67. The lowest BCUT2D eigenvalue weighted by atomic mass is 9.84. The highest BCUT2D eigenvalue weighted by Crippen LogP contribution is 2.36. The first kappa shape index (κ1) is 32.8. The Morgan fingerprint density at radius 3 is 2.44 bits per heavy atom. The van der Waals surface area contributed by atoms with Crippen molar-refractivity contribution in [3.05, 3.63) is 75.9 Å². The predicted molar refractivity (Wildman–Crippen MR) is 173 cm³/mol. The van der Waals surface area contributed by atoms with Crippen LogP contribution in [0.1, 0.15) is 74.3 Å². The molecule has 3 amide bonds. The zero-order valence-electron chi connectivity index (χ0n) is 27.1. The van der Waals surface area contributed by atoms with E-state index in [4.69, 9.17) is 0 Å². The predicted octanol–water partition coefficient (Wildman–Crippen LogP) is 5.30. The molecule has 0 saturated carbocycles. The Bertz CT molecular complexity index is 1610. The topological polar surface area (TPSA) is 103 Å². The van der Waals surface area contributed by atoms with Crippen LogP contribution in [0.5, 0.6) is 0 Å². The van der Waals surface area contributed by atoms with Gasteiger partial charge in [-0.3, -0.25) is 14.4 Å². The highest BCUT2D eigenvalue weighted by atomic mass is 32.1. The van der Waals surface area contributed by atoms with Gasteiger partial charge in [0.2, 0.25) is 11.8 Å². The van der Waals surface area contributed by atoms with Crippen molar-refractivity contribution >= 4 is 29.1 Å². The highest BCUT2D eigenvalue weighted by molar-refractivity contribution is 7.13. The molecule has 0 spiro atoms. The number of aryl methyl sites for hydroxylation is 1. The van der Waals surface area contributed by atoms with Crippen molar-refractivity contribution in [2.75, 3.05) is 6.54 Å². The van der Waals surface area contributed by atoms with Gasteiger partial charge in [-0.15, -0.1) is 11.3 Å². The van der Waals surface area contributed by atoms with Gasteiger partial charge in [0.15, 0.2) is 6.17 Å². The number of hydrogen-bond acceptors (Lipinski definition) is 6. The van der Waals surface area contributed by atoms with Crippen LogP contribution in [0.3, 0.4) is 0 Å². The van der Waals surface area contributed by atoms with Crippen molar-refractivity contribution < 1.29 is 23.9 Å². The number of fused-ring (bicyclic) bond motifs is 1. The molecule has 2 aliphatic rings. The zero-order valence-corrected chi connectivity index (χ0v) is 27.9. The molecule has 1 aromatic heterocycles. The van der Waals surface area contributed by atoms with Crippen LogP contribution in [-0.4, -0.2) is 68.5 Å². The van der Waals surface area contributed by atoms with Gasteiger partial charge < -0.3 is 20.2 Å². The summed E-state index contributed by atoms with van der Waals surface area (Å²) < 4.78 is 15.6. The number of likely N-dealkylation sites (tertiary alicyclic amines) is 1. The third-order valence-electron chi connectivity index (χ3n) is 8.54. The number of benzene rings is 2. The fourth-order valence-electron chi connectivity index (χ4n) is 6.47. The Morgan fingerprint density at radius 2 is 1.82 bits per heavy atom. The Labute approximate surface area is 268 Å². The van der Waals surface area contributed by atoms with Gasteiger partial charge in [0.05, 0.1) is 22.6 Å². The van der Waals surface area contributed by atoms with Crippen molar-refractivity contribution in [3.63, 3.8) is 0 Å². The standard InChI is InChI=1S/C35H43FN4O4S/c1-20-29(45-19-38-20)21-12-13-22(24(14-21)15-34(2,3)4)16-37-31(42)28-27(36)26(41)18-39(28)33(44)30(35(5,6)7)40-17-23-10-8-9-11-25(23)32(40)43/h8-14,19,26-28,30,41H,15-18H2,1-7H3,(H,37,42)/t26-,27-,28-,30+/m0/s1. The molecular formula is C35H43FN4O4S. The van der Waals surface area contributed by atoms with E-state index >= 15 is 4.39 Å². The fraction of sp³-hybridized carbons (Fsp3) is 0.486. The zero-order chi connectivity index (χ0) is 32.8. The number of aliphatic hydroxyl groups is 1. The summed E-state index contributed by atoms with van der Waals surface area (Å²) >= 11 is 1.57. The summed E-state index contributed by atoms with van der Waals surface area (Å²) in [4.78, 5) is 49.4. The quantitative estimate of drug-likeness (QED) is 0.367. The highest BCUT2D eigenvalue weighted by Gasteiger charge is 2.52. The summed E-state index contributed by atoms with van der Waals surface area (Å²) in [7, 11) is 0. The monoisotopic (exact) mass is 634 g/mol. The normalized spacial score (nSPS) is 20.8. The second kappa shape index (κ2) is 12.3. The summed E-state index contributed by atoms with van der Waals surface area (Å²) in [5.74, 6) is -1.51. The number of halogens is 1. The Balaban J connectivity index is 1.39. The molecule has 8 nitrogen and oxygen atoms in total. The van der Waals surface area contributed by atoms with Gasteiger partial charge in [-0.1, -0.05) is 71.9 Å². The third-order valence-corrected chi connectivity index (χ3v) is 9.52. The van der Waals surface area contributed by atoms with Crippen molar-refractivity contribution in [2.45, 2.75) is 92.3 Å². The van der Waals surface area contributed by atoms with Gasteiger partial charge in [-0.05, 0) is 58.6 Å². The van der Waals surface area contributed by atoms with Gasteiger partial charge in [0.25, 0.3) is 5.91 Å². The maximum atomic E-state index is 15.6. The molecule has 0 radical (unpaired) electrons. The lowest BCUT2D eigenvalue weighted by Gasteiger charge is -2.40. The minimum absolute atomic E-state index is 0.0302. The lowest BCUT2D eigenvalue weighted by Crippen LogP contribution is -2.58. The van der Waals surface area contributed by atoms with E-state index in [0.29, 0.717) is 5.56 Å². The number of alkyl halides is 1.